The fourth-order valence-electron chi connectivity index (χ4n) is 2.68. The van der Waals surface area contributed by atoms with Crippen LogP contribution in [0, 0.1) is 0 Å². The van der Waals surface area contributed by atoms with Crippen molar-refractivity contribution in [2.24, 2.45) is 4.99 Å². The van der Waals surface area contributed by atoms with Gasteiger partial charge in [-0.05, 0) is 40.4 Å². The molecule has 0 radical (unpaired) electrons. The molecule has 0 aromatic heterocycles. The van der Waals surface area contributed by atoms with Gasteiger partial charge < -0.3 is 20.3 Å². The first-order valence-electron chi connectivity index (χ1n) is 9.19. The quantitative estimate of drug-likeness (QED) is 0.461. The average molecular weight is 399 g/mol. The fourth-order valence-corrected chi connectivity index (χ4v) is 3.46. The van der Waals surface area contributed by atoms with E-state index < -0.39 is 9.84 Å². The van der Waals surface area contributed by atoms with Gasteiger partial charge in [0.2, 0.25) is 0 Å². The molecule has 1 aromatic rings. The molecule has 0 saturated heterocycles. The van der Waals surface area contributed by atoms with Gasteiger partial charge in [-0.3, -0.25) is 4.99 Å². The molecule has 0 saturated carbocycles. The molecule has 0 aliphatic heterocycles. The van der Waals surface area contributed by atoms with E-state index in [2.05, 4.69) is 15.5 Å². The van der Waals surface area contributed by atoms with Crippen LogP contribution in [0.15, 0.2) is 29.3 Å². The van der Waals surface area contributed by atoms with Crippen molar-refractivity contribution < 1.29 is 13.2 Å². The Balaban J connectivity index is 2.89. The second kappa shape index (κ2) is 11.1. The number of ether oxygens (including phenoxy) is 1. The average Bonchev–Trinajstić information content (AvgIpc) is 2.59. The molecule has 0 amide bonds. The summed E-state index contributed by atoms with van der Waals surface area (Å²) in [5.74, 6) is 1.67. The molecule has 1 aromatic carbocycles. The monoisotopic (exact) mass is 398 g/mol. The van der Waals surface area contributed by atoms with Gasteiger partial charge in [0.15, 0.2) is 5.96 Å². The highest BCUT2D eigenvalue weighted by molar-refractivity contribution is 7.90. The molecule has 154 valence electrons. The molecule has 0 spiro atoms. The lowest BCUT2D eigenvalue weighted by Gasteiger charge is -2.25. The van der Waals surface area contributed by atoms with Crippen LogP contribution < -0.4 is 15.4 Å². The molecule has 1 rings (SSSR count). The van der Waals surface area contributed by atoms with Crippen molar-refractivity contribution in [1.82, 2.24) is 15.5 Å². The van der Waals surface area contributed by atoms with Gasteiger partial charge in [0.1, 0.15) is 15.6 Å². The first-order valence-corrected chi connectivity index (χ1v) is 11.3. The number of hydrogen-bond acceptors (Lipinski definition) is 5. The zero-order chi connectivity index (χ0) is 20.4. The summed E-state index contributed by atoms with van der Waals surface area (Å²) >= 11 is 0. The molecule has 0 aliphatic rings. The minimum atomic E-state index is -2.97. The number of para-hydroxylation sites is 1. The molecule has 0 fully saturated rings. The van der Waals surface area contributed by atoms with Crippen LogP contribution >= 0.6 is 0 Å². The third-order valence-electron chi connectivity index (χ3n) is 4.19. The Morgan fingerprint density at radius 3 is 2.52 bits per heavy atom. The van der Waals surface area contributed by atoms with Crippen molar-refractivity contribution in [2.45, 2.75) is 32.4 Å². The Morgan fingerprint density at radius 1 is 1.30 bits per heavy atom. The minimum absolute atomic E-state index is 0.00147. The summed E-state index contributed by atoms with van der Waals surface area (Å²) in [5.41, 5.74) is 1.08. The van der Waals surface area contributed by atoms with Crippen molar-refractivity contribution in [2.75, 3.05) is 46.3 Å². The molecule has 2 atom stereocenters. The Labute approximate surface area is 164 Å². The van der Waals surface area contributed by atoms with Crippen LogP contribution in [0.25, 0.3) is 0 Å². The number of nitrogens with zero attached hydrogens (tertiary/aromatic N) is 2. The maximum absolute atomic E-state index is 11.4. The fraction of sp³-hybridized carbons (Fsp3) is 0.632. The molecular weight excluding hydrogens is 364 g/mol. The summed E-state index contributed by atoms with van der Waals surface area (Å²) in [6, 6.07) is 8.01. The van der Waals surface area contributed by atoms with Gasteiger partial charge in [0.05, 0.1) is 25.4 Å². The van der Waals surface area contributed by atoms with E-state index in [1.165, 1.54) is 6.26 Å². The normalized spacial score (nSPS) is 14.7. The van der Waals surface area contributed by atoms with E-state index in [1.807, 2.05) is 52.2 Å². The van der Waals surface area contributed by atoms with Crippen LogP contribution in [-0.4, -0.2) is 71.6 Å². The van der Waals surface area contributed by atoms with E-state index in [4.69, 9.17) is 9.73 Å². The number of methoxy groups -OCH3 is 1. The topological polar surface area (TPSA) is 83.0 Å². The second-order valence-corrected chi connectivity index (χ2v) is 9.16. The predicted octanol–water partition coefficient (Wildman–Crippen LogP) is 1.68. The van der Waals surface area contributed by atoms with E-state index in [0.717, 1.165) is 17.9 Å². The Morgan fingerprint density at radius 2 is 1.96 bits per heavy atom. The van der Waals surface area contributed by atoms with Crippen molar-refractivity contribution >= 4 is 15.8 Å². The lowest BCUT2D eigenvalue weighted by molar-refractivity contribution is 0.295. The van der Waals surface area contributed by atoms with Crippen LogP contribution in [0.5, 0.6) is 5.75 Å². The molecular formula is C19H34N4O3S. The van der Waals surface area contributed by atoms with E-state index >= 15 is 0 Å². The molecule has 7 nitrogen and oxygen atoms in total. The molecule has 0 aliphatic carbocycles. The van der Waals surface area contributed by atoms with E-state index in [1.54, 1.807) is 7.11 Å². The summed E-state index contributed by atoms with van der Waals surface area (Å²) in [7, 11) is 2.73. The van der Waals surface area contributed by atoms with Crippen LogP contribution in [0.2, 0.25) is 0 Å². The number of aliphatic imine (C=N–C) groups is 1. The van der Waals surface area contributed by atoms with Crippen molar-refractivity contribution in [1.29, 1.82) is 0 Å². The Hall–Kier alpha value is -1.80. The molecule has 8 heteroatoms. The summed E-state index contributed by atoms with van der Waals surface area (Å²) in [4.78, 5) is 6.83. The first-order chi connectivity index (χ1) is 12.7. The second-order valence-electron chi connectivity index (χ2n) is 6.90. The number of nitrogens with one attached hydrogen (secondary N) is 2. The van der Waals surface area contributed by atoms with Gasteiger partial charge in [-0.1, -0.05) is 18.2 Å². The molecule has 0 heterocycles. The maximum atomic E-state index is 11.4. The van der Waals surface area contributed by atoms with Gasteiger partial charge in [0.25, 0.3) is 0 Å². The Kier molecular flexibility index (Phi) is 9.59. The number of guanidine groups is 1. The van der Waals surface area contributed by atoms with Crippen molar-refractivity contribution in [3.8, 4) is 5.75 Å². The van der Waals surface area contributed by atoms with E-state index in [0.29, 0.717) is 18.9 Å². The van der Waals surface area contributed by atoms with Gasteiger partial charge in [-0.2, -0.15) is 0 Å². The number of likely N-dealkylation sites (N-methyl/N-ethyl adjacent to an activating group) is 1. The van der Waals surface area contributed by atoms with Gasteiger partial charge in [0, 0.05) is 24.4 Å². The number of rotatable bonds is 10. The van der Waals surface area contributed by atoms with E-state index in [9.17, 15) is 8.42 Å². The minimum Gasteiger partial charge on any atom is -0.496 e. The van der Waals surface area contributed by atoms with Crippen LogP contribution in [-0.2, 0) is 9.84 Å². The molecule has 2 unspecified atom stereocenters. The smallest absolute Gasteiger partial charge is 0.191 e. The lowest BCUT2D eigenvalue weighted by atomic mass is 10.0. The number of sulfone groups is 1. The first kappa shape index (κ1) is 23.2. The largest absolute Gasteiger partial charge is 0.496 e. The lowest BCUT2D eigenvalue weighted by Crippen LogP contribution is -2.43. The highest BCUT2D eigenvalue weighted by Gasteiger charge is 2.18. The van der Waals surface area contributed by atoms with Gasteiger partial charge in [-0.25, -0.2) is 8.42 Å². The summed E-state index contributed by atoms with van der Waals surface area (Å²) in [6.07, 6.45) is 1.79. The van der Waals surface area contributed by atoms with Crippen molar-refractivity contribution in [3.05, 3.63) is 29.8 Å². The van der Waals surface area contributed by atoms with Gasteiger partial charge >= 0.3 is 0 Å². The molecule has 0 bridgehead atoms. The zero-order valence-electron chi connectivity index (χ0n) is 17.3. The predicted molar refractivity (Wildman–Crippen MR) is 112 cm³/mol. The Bertz CT molecular complexity index is 705. The summed E-state index contributed by atoms with van der Waals surface area (Å²) in [5, 5.41) is 6.51. The summed E-state index contributed by atoms with van der Waals surface area (Å²) in [6.45, 7) is 5.23. The van der Waals surface area contributed by atoms with E-state index in [-0.39, 0.29) is 17.8 Å². The highest BCUT2D eigenvalue weighted by Crippen LogP contribution is 2.28. The summed E-state index contributed by atoms with van der Waals surface area (Å²) < 4.78 is 28.2. The zero-order valence-corrected chi connectivity index (χ0v) is 18.1. The number of benzene rings is 1. The molecule has 2 N–H and O–H groups in total. The standard InChI is InChI=1S/C19H34N4O3S/c1-7-20-19(22-15(2)12-13-27(6,24)25)21-14-17(23(3)4)16-10-8-9-11-18(16)26-5/h8-11,15,17H,7,12-14H2,1-6H3,(H2,20,21,22). The van der Waals surface area contributed by atoms with Crippen molar-refractivity contribution in [3.63, 3.8) is 0 Å². The third-order valence-corrected chi connectivity index (χ3v) is 5.17. The SMILES string of the molecule is CCNC(=NCC(c1ccccc1OC)N(C)C)NC(C)CCS(C)(=O)=O. The van der Waals surface area contributed by atoms with Gasteiger partial charge in [-0.15, -0.1) is 0 Å². The van der Waals surface area contributed by atoms with Crippen LogP contribution in [0.1, 0.15) is 31.9 Å². The third kappa shape index (κ3) is 8.62. The number of hydrogen-bond donors (Lipinski definition) is 2. The molecule has 27 heavy (non-hydrogen) atoms. The highest BCUT2D eigenvalue weighted by atomic mass is 32.2. The van der Waals surface area contributed by atoms with Crippen LogP contribution in [0.3, 0.4) is 0 Å². The van der Waals surface area contributed by atoms with Crippen LogP contribution in [0.4, 0.5) is 0 Å². The maximum Gasteiger partial charge on any atom is 0.191 e.